The molecule has 2 rings (SSSR count). The summed E-state index contributed by atoms with van der Waals surface area (Å²) in [7, 11) is 0. The predicted octanol–water partition coefficient (Wildman–Crippen LogP) is 3.80. The van der Waals surface area contributed by atoms with Crippen molar-refractivity contribution in [2.45, 2.75) is 72.8 Å². The minimum atomic E-state index is -0.763. The van der Waals surface area contributed by atoms with Gasteiger partial charge in [-0.05, 0) is 38.7 Å². The van der Waals surface area contributed by atoms with Crippen molar-refractivity contribution in [2.24, 2.45) is 5.41 Å². The van der Waals surface area contributed by atoms with E-state index in [1.54, 1.807) is 9.80 Å². The van der Waals surface area contributed by atoms with Crippen LogP contribution in [0.25, 0.3) is 0 Å². The van der Waals surface area contributed by atoms with Gasteiger partial charge in [0.1, 0.15) is 18.2 Å². The van der Waals surface area contributed by atoms with Gasteiger partial charge in [0.25, 0.3) is 0 Å². The largest absolute Gasteiger partial charge is 0.445 e. The van der Waals surface area contributed by atoms with Crippen molar-refractivity contribution in [3.63, 3.8) is 0 Å². The Balaban J connectivity index is 2.00. The third kappa shape index (κ3) is 7.43. The molecule has 1 N–H and O–H groups in total. The highest BCUT2D eigenvalue weighted by Crippen LogP contribution is 2.24. The van der Waals surface area contributed by atoms with Crippen molar-refractivity contribution in [1.82, 2.24) is 15.1 Å². The molecule has 0 bridgehead atoms. The molecule has 0 aliphatic carbocycles. The average molecular weight is 448 g/mol. The van der Waals surface area contributed by atoms with Crippen LogP contribution in [-0.2, 0) is 20.9 Å². The normalized spacial score (nSPS) is 18.0. The van der Waals surface area contributed by atoms with E-state index < -0.39 is 23.2 Å². The lowest BCUT2D eigenvalue weighted by atomic mass is 9.85. The molecule has 1 aliphatic heterocycles. The van der Waals surface area contributed by atoms with Crippen molar-refractivity contribution in [1.29, 1.82) is 0 Å². The molecule has 1 aromatic rings. The highest BCUT2D eigenvalue weighted by molar-refractivity contribution is 5.87. The highest BCUT2D eigenvalue weighted by Gasteiger charge is 2.40. The first-order valence-corrected chi connectivity index (χ1v) is 11.0. The van der Waals surface area contributed by atoms with Crippen molar-refractivity contribution in [3.05, 3.63) is 35.9 Å². The molecule has 0 radical (unpaired) electrons. The molecule has 32 heavy (non-hydrogen) atoms. The van der Waals surface area contributed by atoms with E-state index in [1.165, 1.54) is 0 Å². The minimum absolute atomic E-state index is 0.128. The Labute approximate surface area is 191 Å². The third-order valence-corrected chi connectivity index (χ3v) is 5.15. The fraction of sp³-hybridized carbons (Fsp3) is 0.625. The van der Waals surface area contributed by atoms with Crippen LogP contribution in [0.5, 0.6) is 0 Å². The molecular weight excluding hydrogens is 410 g/mol. The molecule has 0 aromatic heterocycles. The lowest BCUT2D eigenvalue weighted by Gasteiger charge is -2.43. The molecule has 1 fully saturated rings. The number of hydrogen-bond acceptors (Lipinski definition) is 5. The third-order valence-electron chi connectivity index (χ3n) is 5.15. The number of ether oxygens (including phenoxy) is 2. The Morgan fingerprint density at radius 3 is 2.22 bits per heavy atom. The lowest BCUT2D eigenvalue weighted by Crippen LogP contribution is -2.62. The Morgan fingerprint density at radius 2 is 1.69 bits per heavy atom. The molecule has 2 atom stereocenters. The van der Waals surface area contributed by atoms with E-state index in [-0.39, 0.29) is 24.6 Å². The van der Waals surface area contributed by atoms with Crippen molar-refractivity contribution in [2.75, 3.05) is 19.6 Å². The van der Waals surface area contributed by atoms with Gasteiger partial charge in [-0.1, -0.05) is 51.1 Å². The number of piperazine rings is 1. The summed E-state index contributed by atoms with van der Waals surface area (Å²) < 4.78 is 10.8. The molecule has 178 valence electrons. The lowest BCUT2D eigenvalue weighted by molar-refractivity contribution is -0.140. The molecule has 8 heteroatoms. The second-order valence-corrected chi connectivity index (χ2v) is 10.3. The van der Waals surface area contributed by atoms with E-state index in [0.717, 1.165) is 5.56 Å². The topological polar surface area (TPSA) is 88.2 Å². The SMILES string of the molecule is CC1CN(C(=O)OC(C)(C)C)CCN1C(=O)C(NC(=O)OCc1ccccc1)C(C)(C)C. The summed E-state index contributed by atoms with van der Waals surface area (Å²) >= 11 is 0. The van der Waals surface area contributed by atoms with Crippen molar-refractivity contribution in [3.8, 4) is 0 Å². The number of rotatable bonds is 4. The molecule has 1 heterocycles. The van der Waals surface area contributed by atoms with E-state index in [2.05, 4.69) is 5.32 Å². The van der Waals surface area contributed by atoms with Crippen LogP contribution in [0.3, 0.4) is 0 Å². The quantitative estimate of drug-likeness (QED) is 0.759. The molecule has 8 nitrogen and oxygen atoms in total. The zero-order valence-corrected chi connectivity index (χ0v) is 20.3. The molecule has 0 saturated carbocycles. The zero-order chi connectivity index (χ0) is 24.1. The monoisotopic (exact) mass is 447 g/mol. The second kappa shape index (κ2) is 10.2. The number of nitrogens with zero attached hydrogens (tertiary/aromatic N) is 2. The Hall–Kier alpha value is -2.77. The van der Waals surface area contributed by atoms with Crippen molar-refractivity contribution < 1.29 is 23.9 Å². The highest BCUT2D eigenvalue weighted by atomic mass is 16.6. The summed E-state index contributed by atoms with van der Waals surface area (Å²) in [6, 6.07) is 8.39. The van der Waals surface area contributed by atoms with Crippen LogP contribution >= 0.6 is 0 Å². The molecule has 2 unspecified atom stereocenters. The standard InChI is InChI=1S/C24H37N3O5/c1-17-15-26(22(30)32-24(5,6)7)13-14-27(17)20(28)19(23(2,3)4)25-21(29)31-16-18-11-9-8-10-12-18/h8-12,17,19H,13-16H2,1-7H3,(H,25,29). The summed E-state index contributed by atoms with van der Waals surface area (Å²) in [6.07, 6.45) is -1.02. The fourth-order valence-electron chi connectivity index (χ4n) is 3.47. The Morgan fingerprint density at radius 1 is 1.06 bits per heavy atom. The van der Waals surface area contributed by atoms with E-state index in [4.69, 9.17) is 9.47 Å². The number of benzene rings is 1. The van der Waals surface area contributed by atoms with E-state index in [1.807, 2.05) is 78.8 Å². The number of nitrogens with one attached hydrogen (secondary N) is 1. The minimum Gasteiger partial charge on any atom is -0.445 e. The maximum absolute atomic E-state index is 13.4. The van der Waals surface area contributed by atoms with Gasteiger partial charge in [0.15, 0.2) is 0 Å². The number of carbonyl (C=O) groups excluding carboxylic acids is 3. The van der Waals surface area contributed by atoms with E-state index in [0.29, 0.717) is 19.6 Å². The molecule has 1 aromatic carbocycles. The van der Waals surface area contributed by atoms with Gasteiger partial charge in [-0.2, -0.15) is 0 Å². The van der Waals surface area contributed by atoms with Gasteiger partial charge in [-0.3, -0.25) is 4.79 Å². The van der Waals surface area contributed by atoms with Crippen LogP contribution in [-0.4, -0.2) is 65.2 Å². The van der Waals surface area contributed by atoms with Crippen LogP contribution in [0.2, 0.25) is 0 Å². The molecule has 3 amide bonds. The van der Waals surface area contributed by atoms with E-state index >= 15 is 0 Å². The number of alkyl carbamates (subject to hydrolysis) is 1. The summed E-state index contributed by atoms with van der Waals surface area (Å²) in [5.41, 5.74) is -0.229. The summed E-state index contributed by atoms with van der Waals surface area (Å²) in [5.74, 6) is -0.189. The summed E-state index contributed by atoms with van der Waals surface area (Å²) in [6.45, 7) is 14.3. The van der Waals surface area contributed by atoms with Crippen LogP contribution in [0, 0.1) is 5.41 Å². The van der Waals surface area contributed by atoms with Gasteiger partial charge < -0.3 is 24.6 Å². The van der Waals surface area contributed by atoms with Crippen LogP contribution < -0.4 is 5.32 Å². The molecular formula is C24H37N3O5. The maximum atomic E-state index is 13.4. The first-order valence-electron chi connectivity index (χ1n) is 11.0. The van der Waals surface area contributed by atoms with Gasteiger partial charge in [0.05, 0.1) is 0 Å². The molecule has 1 aliphatic rings. The Kier molecular flexibility index (Phi) is 8.15. The molecule has 0 spiro atoms. The first kappa shape index (κ1) is 25.5. The van der Waals surface area contributed by atoms with Gasteiger partial charge in [-0.15, -0.1) is 0 Å². The van der Waals surface area contributed by atoms with Crippen LogP contribution in [0.15, 0.2) is 30.3 Å². The van der Waals surface area contributed by atoms with Crippen LogP contribution in [0.1, 0.15) is 54.0 Å². The Bertz CT molecular complexity index is 798. The fourth-order valence-corrected chi connectivity index (χ4v) is 3.47. The zero-order valence-electron chi connectivity index (χ0n) is 20.3. The smallest absolute Gasteiger partial charge is 0.410 e. The summed E-state index contributed by atoms with van der Waals surface area (Å²) in [5, 5.41) is 2.75. The predicted molar refractivity (Wildman–Crippen MR) is 122 cm³/mol. The average Bonchev–Trinajstić information content (AvgIpc) is 2.68. The van der Waals surface area contributed by atoms with Crippen LogP contribution in [0.4, 0.5) is 9.59 Å². The second-order valence-electron chi connectivity index (χ2n) is 10.3. The number of amides is 3. The van der Waals surface area contributed by atoms with Gasteiger partial charge >= 0.3 is 12.2 Å². The summed E-state index contributed by atoms with van der Waals surface area (Å²) in [4.78, 5) is 41.6. The number of hydrogen-bond donors (Lipinski definition) is 1. The first-order chi connectivity index (χ1) is 14.8. The van der Waals surface area contributed by atoms with Crippen molar-refractivity contribution >= 4 is 18.1 Å². The van der Waals surface area contributed by atoms with Gasteiger partial charge in [0.2, 0.25) is 5.91 Å². The van der Waals surface area contributed by atoms with Gasteiger partial charge in [0, 0.05) is 25.7 Å². The number of carbonyl (C=O) groups is 3. The van der Waals surface area contributed by atoms with E-state index in [9.17, 15) is 14.4 Å². The molecule has 1 saturated heterocycles. The van der Waals surface area contributed by atoms with Gasteiger partial charge in [-0.25, -0.2) is 9.59 Å². The maximum Gasteiger partial charge on any atom is 0.410 e.